The molecule has 9 N–H and O–H groups in total. The van der Waals surface area contributed by atoms with E-state index in [0.717, 1.165) is 0 Å². The summed E-state index contributed by atoms with van der Waals surface area (Å²) in [5.74, 6) is -4.41. The minimum absolute atomic E-state index is 0.131. The average molecular weight is 538 g/mol. The highest BCUT2D eigenvalue weighted by Gasteiger charge is 2.30. The lowest BCUT2D eigenvalue weighted by Crippen LogP contribution is -2.57. The molecule has 4 atom stereocenters. The number of carbonyl (C=O) groups excluding carboxylic acids is 4. The molecule has 0 bridgehead atoms. The Morgan fingerprint density at radius 1 is 0.714 bits per heavy atom. The molecule has 0 aromatic heterocycles. The fraction of sp³-hybridized carbons (Fsp3) is 0.700. The van der Waals surface area contributed by atoms with Crippen LogP contribution in [0.4, 0.5) is 0 Å². The summed E-state index contributed by atoms with van der Waals surface area (Å²) >= 11 is 2.81. The van der Waals surface area contributed by atoms with Gasteiger partial charge in [0.05, 0.1) is 6.04 Å². The van der Waals surface area contributed by atoms with Gasteiger partial charge in [0.2, 0.25) is 23.6 Å². The Hall–Kier alpha value is -2.52. The number of carbonyl (C=O) groups is 6. The lowest BCUT2D eigenvalue weighted by molar-refractivity contribution is -0.142. The highest BCUT2D eigenvalue weighted by molar-refractivity contribution is 7.98. The third kappa shape index (κ3) is 14.5. The van der Waals surface area contributed by atoms with Crippen molar-refractivity contribution in [3.63, 3.8) is 0 Å². The van der Waals surface area contributed by atoms with Gasteiger partial charge in [-0.1, -0.05) is 0 Å². The van der Waals surface area contributed by atoms with Crippen molar-refractivity contribution in [2.24, 2.45) is 11.5 Å². The second-order valence-electron chi connectivity index (χ2n) is 7.63. The molecule has 0 radical (unpaired) electrons. The SMILES string of the molecule is CSCCC(NC(=O)C(CCC(N)=O)NC(=O)C(CCSC)NC(=O)C(N)CCC(=O)O)C(=O)O. The van der Waals surface area contributed by atoms with E-state index in [1.54, 1.807) is 12.5 Å². The summed E-state index contributed by atoms with van der Waals surface area (Å²) in [5, 5.41) is 25.4. The predicted molar refractivity (Wildman–Crippen MR) is 133 cm³/mol. The zero-order valence-electron chi connectivity index (χ0n) is 19.8. The number of carboxylic acid groups (broad SMARTS) is 2. The van der Waals surface area contributed by atoms with Gasteiger partial charge >= 0.3 is 11.9 Å². The number of hydrogen-bond acceptors (Lipinski definition) is 9. The molecule has 15 heteroatoms. The maximum atomic E-state index is 12.9. The lowest BCUT2D eigenvalue weighted by Gasteiger charge is -2.25. The van der Waals surface area contributed by atoms with Gasteiger partial charge in [0.15, 0.2) is 0 Å². The fourth-order valence-corrected chi connectivity index (χ4v) is 3.73. The second-order valence-corrected chi connectivity index (χ2v) is 9.60. The molecule has 13 nitrogen and oxygen atoms in total. The summed E-state index contributed by atoms with van der Waals surface area (Å²) in [6, 6.07) is -4.72. The van der Waals surface area contributed by atoms with E-state index in [9.17, 15) is 33.9 Å². The summed E-state index contributed by atoms with van der Waals surface area (Å²) in [6.45, 7) is 0. The van der Waals surface area contributed by atoms with Crippen molar-refractivity contribution in [3.05, 3.63) is 0 Å². The van der Waals surface area contributed by atoms with E-state index >= 15 is 0 Å². The molecular weight excluding hydrogens is 502 g/mol. The Kier molecular flexibility index (Phi) is 16.6. The Morgan fingerprint density at radius 2 is 1.17 bits per heavy atom. The van der Waals surface area contributed by atoms with Crippen molar-refractivity contribution in [1.82, 2.24) is 16.0 Å². The van der Waals surface area contributed by atoms with Crippen LogP contribution in [-0.2, 0) is 28.8 Å². The number of primary amides is 1. The number of hydrogen-bond donors (Lipinski definition) is 7. The van der Waals surface area contributed by atoms with Gasteiger partial charge < -0.3 is 37.6 Å². The van der Waals surface area contributed by atoms with Gasteiger partial charge in [-0.25, -0.2) is 4.79 Å². The van der Waals surface area contributed by atoms with Crippen molar-refractivity contribution in [2.45, 2.75) is 62.7 Å². The first kappa shape index (κ1) is 32.5. The second kappa shape index (κ2) is 17.8. The van der Waals surface area contributed by atoms with Gasteiger partial charge in [0, 0.05) is 12.8 Å². The van der Waals surface area contributed by atoms with Crippen LogP contribution in [0.2, 0.25) is 0 Å². The predicted octanol–water partition coefficient (Wildman–Crippen LogP) is -1.51. The smallest absolute Gasteiger partial charge is 0.326 e. The number of nitrogens with two attached hydrogens (primary N) is 2. The summed E-state index contributed by atoms with van der Waals surface area (Å²) in [5.41, 5.74) is 10.9. The third-order valence-electron chi connectivity index (χ3n) is 4.79. The first-order chi connectivity index (χ1) is 16.4. The Balaban J connectivity index is 5.47. The summed E-state index contributed by atoms with van der Waals surface area (Å²) in [7, 11) is 0. The maximum absolute atomic E-state index is 12.9. The Morgan fingerprint density at radius 3 is 1.63 bits per heavy atom. The zero-order chi connectivity index (χ0) is 27.0. The topological polar surface area (TPSA) is 231 Å². The molecule has 0 aromatic rings. The highest BCUT2D eigenvalue weighted by atomic mass is 32.2. The number of aliphatic carboxylic acids is 2. The third-order valence-corrected chi connectivity index (χ3v) is 6.08. The van der Waals surface area contributed by atoms with E-state index in [-0.39, 0.29) is 38.5 Å². The molecule has 0 aromatic carbocycles. The van der Waals surface area contributed by atoms with Gasteiger partial charge in [-0.05, 0) is 49.7 Å². The number of nitrogens with one attached hydrogen (secondary N) is 3. The van der Waals surface area contributed by atoms with E-state index in [0.29, 0.717) is 11.5 Å². The lowest BCUT2D eigenvalue weighted by atomic mass is 10.1. The van der Waals surface area contributed by atoms with E-state index in [2.05, 4.69) is 16.0 Å². The maximum Gasteiger partial charge on any atom is 0.326 e. The molecule has 0 fully saturated rings. The highest BCUT2D eigenvalue weighted by Crippen LogP contribution is 2.07. The summed E-state index contributed by atoms with van der Waals surface area (Å²) < 4.78 is 0. The molecule has 200 valence electrons. The van der Waals surface area contributed by atoms with E-state index in [1.165, 1.54) is 23.5 Å². The summed E-state index contributed by atoms with van der Waals surface area (Å²) in [6.07, 6.45) is 3.03. The molecule has 0 aliphatic heterocycles. The number of carboxylic acids is 2. The minimum Gasteiger partial charge on any atom is -0.481 e. The van der Waals surface area contributed by atoms with Gasteiger partial charge in [-0.15, -0.1) is 0 Å². The Bertz CT molecular complexity index is 755. The van der Waals surface area contributed by atoms with Crippen LogP contribution < -0.4 is 27.4 Å². The number of amides is 4. The van der Waals surface area contributed by atoms with Crippen LogP contribution in [0, 0.1) is 0 Å². The molecule has 0 aliphatic rings. The van der Waals surface area contributed by atoms with Gasteiger partial charge in [-0.3, -0.25) is 24.0 Å². The van der Waals surface area contributed by atoms with Crippen LogP contribution in [0.3, 0.4) is 0 Å². The van der Waals surface area contributed by atoms with Crippen LogP contribution in [0.25, 0.3) is 0 Å². The van der Waals surface area contributed by atoms with Gasteiger partial charge in [0.25, 0.3) is 0 Å². The van der Waals surface area contributed by atoms with Gasteiger partial charge in [-0.2, -0.15) is 23.5 Å². The molecule has 4 amide bonds. The van der Waals surface area contributed by atoms with Crippen molar-refractivity contribution in [3.8, 4) is 0 Å². The van der Waals surface area contributed by atoms with Crippen molar-refractivity contribution in [2.75, 3.05) is 24.0 Å². The number of rotatable bonds is 19. The molecule has 35 heavy (non-hydrogen) atoms. The van der Waals surface area contributed by atoms with Crippen molar-refractivity contribution in [1.29, 1.82) is 0 Å². The number of thioether (sulfide) groups is 2. The Labute approximate surface area is 212 Å². The van der Waals surface area contributed by atoms with Crippen LogP contribution in [0.15, 0.2) is 0 Å². The van der Waals surface area contributed by atoms with Crippen molar-refractivity contribution < 1.29 is 39.0 Å². The standard InChI is InChI=1S/C20H35N5O8S2/c1-34-9-7-13(23-17(29)11(21)3-6-16(27)28)19(31)24-12(4-5-15(22)26)18(30)25-14(20(32)33)8-10-35-2/h11-14H,3-10,21H2,1-2H3,(H2,22,26)(H,23,29)(H,24,31)(H,25,30)(H,27,28)(H,32,33). The molecule has 0 heterocycles. The van der Waals surface area contributed by atoms with Gasteiger partial charge in [0.1, 0.15) is 18.1 Å². The monoisotopic (exact) mass is 537 g/mol. The normalized spacial score (nSPS) is 14.1. The molecule has 0 spiro atoms. The van der Waals surface area contributed by atoms with Crippen molar-refractivity contribution >= 4 is 59.1 Å². The molecule has 4 unspecified atom stereocenters. The molecule has 0 aliphatic carbocycles. The van der Waals surface area contributed by atoms with E-state index in [1.807, 2.05) is 0 Å². The van der Waals surface area contributed by atoms with Crippen LogP contribution in [0.1, 0.15) is 38.5 Å². The summed E-state index contributed by atoms with van der Waals surface area (Å²) in [4.78, 5) is 71.5. The first-order valence-corrected chi connectivity index (χ1v) is 13.6. The minimum atomic E-state index is -1.28. The average Bonchev–Trinajstić information content (AvgIpc) is 2.79. The molecule has 0 saturated heterocycles. The van der Waals surface area contributed by atoms with Crippen LogP contribution in [-0.4, -0.2) is 94.0 Å². The quantitative estimate of drug-likeness (QED) is 0.100. The fourth-order valence-electron chi connectivity index (χ4n) is 2.79. The zero-order valence-corrected chi connectivity index (χ0v) is 21.4. The molecule has 0 rings (SSSR count). The van der Waals surface area contributed by atoms with E-state index in [4.69, 9.17) is 16.6 Å². The van der Waals surface area contributed by atoms with Crippen LogP contribution >= 0.6 is 23.5 Å². The molecular formula is C20H35N5O8S2. The largest absolute Gasteiger partial charge is 0.481 e. The van der Waals surface area contributed by atoms with Crippen LogP contribution in [0.5, 0.6) is 0 Å². The van der Waals surface area contributed by atoms with E-state index < -0.39 is 59.7 Å². The molecule has 0 saturated carbocycles. The first-order valence-electron chi connectivity index (χ1n) is 10.8.